The SMILES string of the molecule is C/C1=C(\C)OCCCCCSN1. The maximum absolute atomic E-state index is 5.53. The third-order valence-corrected chi connectivity index (χ3v) is 2.91. The Balaban J connectivity index is 2.43. The van der Waals surface area contributed by atoms with Crippen LogP contribution in [0.25, 0.3) is 0 Å². The van der Waals surface area contributed by atoms with E-state index in [0.29, 0.717) is 0 Å². The summed E-state index contributed by atoms with van der Waals surface area (Å²) >= 11 is 1.78. The quantitative estimate of drug-likeness (QED) is 0.589. The summed E-state index contributed by atoms with van der Waals surface area (Å²) in [7, 11) is 0. The van der Waals surface area contributed by atoms with Gasteiger partial charge in [0.05, 0.1) is 12.3 Å². The first-order valence-electron chi connectivity index (χ1n) is 4.49. The third-order valence-electron chi connectivity index (χ3n) is 1.96. The molecule has 0 bridgehead atoms. The van der Waals surface area contributed by atoms with Gasteiger partial charge in [-0.3, -0.25) is 0 Å². The second-order valence-electron chi connectivity index (χ2n) is 3.04. The lowest BCUT2D eigenvalue weighted by molar-refractivity contribution is 0.203. The predicted octanol–water partition coefficient (Wildman–Crippen LogP) is 2.68. The molecule has 1 heterocycles. The Kier molecular flexibility index (Phi) is 4.36. The first-order chi connectivity index (χ1) is 5.80. The van der Waals surface area contributed by atoms with E-state index in [2.05, 4.69) is 11.6 Å². The van der Waals surface area contributed by atoms with Gasteiger partial charge in [-0.05, 0) is 33.1 Å². The zero-order valence-electron chi connectivity index (χ0n) is 7.85. The summed E-state index contributed by atoms with van der Waals surface area (Å²) < 4.78 is 8.81. The van der Waals surface area contributed by atoms with E-state index in [-0.39, 0.29) is 0 Å². The van der Waals surface area contributed by atoms with Crippen LogP contribution in [0.2, 0.25) is 0 Å². The minimum absolute atomic E-state index is 0.871. The molecule has 70 valence electrons. The van der Waals surface area contributed by atoms with Gasteiger partial charge in [0.15, 0.2) is 0 Å². The summed E-state index contributed by atoms with van der Waals surface area (Å²) in [5, 5.41) is 0. The Morgan fingerprint density at radius 2 is 2.08 bits per heavy atom. The van der Waals surface area contributed by atoms with Crippen LogP contribution < -0.4 is 4.72 Å². The minimum atomic E-state index is 0.871. The van der Waals surface area contributed by atoms with E-state index in [1.165, 1.54) is 25.0 Å². The van der Waals surface area contributed by atoms with Crippen LogP contribution in [0.5, 0.6) is 0 Å². The average molecular weight is 187 g/mol. The van der Waals surface area contributed by atoms with Gasteiger partial charge in [0.1, 0.15) is 5.76 Å². The van der Waals surface area contributed by atoms with Crippen LogP contribution in [-0.2, 0) is 4.74 Å². The van der Waals surface area contributed by atoms with E-state index in [1.807, 2.05) is 6.92 Å². The van der Waals surface area contributed by atoms with Crippen LogP contribution in [0.15, 0.2) is 11.5 Å². The zero-order chi connectivity index (χ0) is 8.81. The van der Waals surface area contributed by atoms with Crippen molar-refractivity contribution >= 4 is 11.9 Å². The van der Waals surface area contributed by atoms with Gasteiger partial charge in [0.25, 0.3) is 0 Å². The van der Waals surface area contributed by atoms with Gasteiger partial charge in [-0.15, -0.1) is 0 Å². The molecule has 1 aliphatic heterocycles. The Morgan fingerprint density at radius 1 is 1.25 bits per heavy atom. The van der Waals surface area contributed by atoms with Crippen molar-refractivity contribution in [3.05, 3.63) is 11.5 Å². The van der Waals surface area contributed by atoms with Gasteiger partial charge in [-0.1, -0.05) is 11.9 Å². The minimum Gasteiger partial charge on any atom is -0.496 e. The predicted molar refractivity (Wildman–Crippen MR) is 53.8 cm³/mol. The molecule has 0 saturated heterocycles. The monoisotopic (exact) mass is 187 g/mol. The van der Waals surface area contributed by atoms with Crippen molar-refractivity contribution in [1.82, 2.24) is 4.72 Å². The van der Waals surface area contributed by atoms with Crippen molar-refractivity contribution in [3.63, 3.8) is 0 Å². The van der Waals surface area contributed by atoms with Crippen LogP contribution in [0.3, 0.4) is 0 Å². The summed E-state index contributed by atoms with van der Waals surface area (Å²) in [6.07, 6.45) is 3.75. The van der Waals surface area contributed by atoms with Crippen LogP contribution in [-0.4, -0.2) is 12.4 Å². The van der Waals surface area contributed by atoms with E-state index in [0.717, 1.165) is 18.1 Å². The fourth-order valence-electron chi connectivity index (χ4n) is 1.02. The largest absolute Gasteiger partial charge is 0.496 e. The number of hydrogen-bond donors (Lipinski definition) is 1. The molecule has 0 aliphatic carbocycles. The Labute approximate surface area is 78.9 Å². The maximum atomic E-state index is 5.53. The van der Waals surface area contributed by atoms with Gasteiger partial charge >= 0.3 is 0 Å². The molecule has 0 atom stereocenters. The summed E-state index contributed by atoms with van der Waals surface area (Å²) in [5.74, 6) is 2.23. The van der Waals surface area contributed by atoms with E-state index in [4.69, 9.17) is 4.74 Å². The topological polar surface area (TPSA) is 21.3 Å². The second kappa shape index (κ2) is 5.36. The number of nitrogens with one attached hydrogen (secondary N) is 1. The highest BCUT2D eigenvalue weighted by molar-refractivity contribution is 7.97. The van der Waals surface area contributed by atoms with Crippen molar-refractivity contribution in [3.8, 4) is 0 Å². The zero-order valence-corrected chi connectivity index (χ0v) is 8.67. The molecule has 0 unspecified atom stereocenters. The van der Waals surface area contributed by atoms with Crippen molar-refractivity contribution < 1.29 is 4.74 Å². The fourth-order valence-corrected chi connectivity index (χ4v) is 1.83. The van der Waals surface area contributed by atoms with Crippen molar-refractivity contribution in [2.24, 2.45) is 0 Å². The van der Waals surface area contributed by atoms with E-state index in [1.54, 1.807) is 11.9 Å². The number of ether oxygens (including phenoxy) is 1. The summed E-state index contributed by atoms with van der Waals surface area (Å²) in [4.78, 5) is 0. The molecule has 0 aromatic rings. The summed E-state index contributed by atoms with van der Waals surface area (Å²) in [5.41, 5.74) is 1.15. The standard InChI is InChI=1S/C9H17NOS/c1-8-9(2)11-6-4-3-5-7-12-10-8/h10H,3-7H2,1-2H3/b9-8-. The summed E-state index contributed by atoms with van der Waals surface area (Å²) in [6, 6.07) is 0. The summed E-state index contributed by atoms with van der Waals surface area (Å²) in [6.45, 7) is 4.95. The molecular formula is C9H17NOS. The molecule has 1 rings (SSSR count). The van der Waals surface area contributed by atoms with Gasteiger partial charge in [0, 0.05) is 5.75 Å². The van der Waals surface area contributed by atoms with Crippen molar-refractivity contribution in [2.75, 3.05) is 12.4 Å². The third kappa shape index (κ3) is 3.39. The molecule has 0 amide bonds. The van der Waals surface area contributed by atoms with Crippen LogP contribution in [0.4, 0.5) is 0 Å². The lowest BCUT2D eigenvalue weighted by Crippen LogP contribution is -2.08. The molecule has 3 heteroatoms. The molecule has 1 aliphatic rings. The molecule has 0 saturated carbocycles. The van der Waals surface area contributed by atoms with Gasteiger partial charge in [-0.2, -0.15) is 0 Å². The van der Waals surface area contributed by atoms with E-state index in [9.17, 15) is 0 Å². The average Bonchev–Trinajstić information content (AvgIpc) is 2.08. The number of hydrogen-bond acceptors (Lipinski definition) is 3. The molecule has 1 N–H and O–H groups in total. The molecule has 0 aromatic heterocycles. The van der Waals surface area contributed by atoms with Gasteiger partial charge in [-0.25, -0.2) is 0 Å². The molecule has 0 aromatic carbocycles. The molecule has 0 fully saturated rings. The Morgan fingerprint density at radius 3 is 2.92 bits per heavy atom. The molecular weight excluding hydrogens is 170 g/mol. The van der Waals surface area contributed by atoms with Crippen molar-refractivity contribution in [1.29, 1.82) is 0 Å². The normalized spacial score (nSPS) is 27.2. The number of rotatable bonds is 0. The van der Waals surface area contributed by atoms with Crippen LogP contribution >= 0.6 is 11.9 Å². The molecule has 0 spiro atoms. The van der Waals surface area contributed by atoms with E-state index >= 15 is 0 Å². The van der Waals surface area contributed by atoms with Crippen LogP contribution in [0.1, 0.15) is 33.1 Å². The number of allylic oxidation sites excluding steroid dienone is 2. The maximum Gasteiger partial charge on any atom is 0.112 e. The highest BCUT2D eigenvalue weighted by Crippen LogP contribution is 2.12. The lowest BCUT2D eigenvalue weighted by atomic mass is 10.3. The molecule has 0 radical (unpaired) electrons. The Hall–Kier alpha value is -0.310. The lowest BCUT2D eigenvalue weighted by Gasteiger charge is -2.13. The first kappa shape index (κ1) is 9.78. The van der Waals surface area contributed by atoms with Gasteiger partial charge < -0.3 is 9.46 Å². The second-order valence-corrected chi connectivity index (χ2v) is 3.94. The van der Waals surface area contributed by atoms with Crippen molar-refractivity contribution in [2.45, 2.75) is 33.1 Å². The molecule has 12 heavy (non-hydrogen) atoms. The highest BCUT2D eigenvalue weighted by Gasteiger charge is 2.00. The Bertz CT molecular complexity index is 150. The van der Waals surface area contributed by atoms with Crippen LogP contribution in [0, 0.1) is 0 Å². The molecule has 2 nitrogen and oxygen atoms in total. The highest BCUT2D eigenvalue weighted by atomic mass is 32.2. The van der Waals surface area contributed by atoms with Gasteiger partial charge in [0.2, 0.25) is 0 Å². The smallest absolute Gasteiger partial charge is 0.112 e. The fraction of sp³-hybridized carbons (Fsp3) is 0.778. The van der Waals surface area contributed by atoms with E-state index < -0.39 is 0 Å². The first-order valence-corrected chi connectivity index (χ1v) is 5.47.